The van der Waals surface area contributed by atoms with Crippen molar-refractivity contribution in [2.45, 2.75) is 33.6 Å². The molecule has 1 N–H and O–H groups in total. The van der Waals surface area contributed by atoms with Crippen molar-refractivity contribution in [3.05, 3.63) is 77.4 Å². The summed E-state index contributed by atoms with van der Waals surface area (Å²) in [5.74, 6) is -0.0899. The van der Waals surface area contributed by atoms with Gasteiger partial charge in [-0.15, -0.1) is 5.10 Å². The van der Waals surface area contributed by atoms with Crippen molar-refractivity contribution in [1.29, 1.82) is 0 Å². The molecule has 8 nitrogen and oxygen atoms in total. The Hall–Kier alpha value is -3.81. The Kier molecular flexibility index (Phi) is 5.14. The molecule has 4 aromatic rings. The van der Waals surface area contributed by atoms with Crippen LogP contribution >= 0.6 is 0 Å². The van der Waals surface area contributed by atoms with Gasteiger partial charge in [0.2, 0.25) is 0 Å². The molecule has 8 heteroatoms. The summed E-state index contributed by atoms with van der Waals surface area (Å²) in [6, 6.07) is 13.7. The highest BCUT2D eigenvalue weighted by molar-refractivity contribution is 6.05. The minimum atomic E-state index is -0.205. The number of carbonyl (C=O) groups is 1. The van der Waals surface area contributed by atoms with E-state index in [1.807, 2.05) is 61.0 Å². The smallest absolute Gasteiger partial charge is 0.259 e. The minimum Gasteiger partial charge on any atom is -0.322 e. The summed E-state index contributed by atoms with van der Waals surface area (Å²) in [5, 5.41) is 18.8. The minimum absolute atomic E-state index is 0.115. The van der Waals surface area contributed by atoms with Crippen molar-refractivity contribution < 1.29 is 4.79 Å². The number of aryl methyl sites for hydroxylation is 2. The van der Waals surface area contributed by atoms with Gasteiger partial charge in [-0.25, -0.2) is 9.36 Å². The highest BCUT2D eigenvalue weighted by Crippen LogP contribution is 2.25. The summed E-state index contributed by atoms with van der Waals surface area (Å²) >= 11 is 0. The first-order valence-electron chi connectivity index (χ1n) is 9.74. The number of nitrogens with one attached hydrogen (secondary N) is 1. The van der Waals surface area contributed by atoms with Crippen LogP contribution in [0.1, 0.15) is 46.9 Å². The van der Waals surface area contributed by atoms with Gasteiger partial charge in [0, 0.05) is 5.69 Å². The second-order valence-electron chi connectivity index (χ2n) is 7.56. The predicted molar refractivity (Wildman–Crippen MR) is 114 cm³/mol. The largest absolute Gasteiger partial charge is 0.322 e. The summed E-state index contributed by atoms with van der Waals surface area (Å²) in [4.78, 5) is 13.1. The van der Waals surface area contributed by atoms with E-state index in [4.69, 9.17) is 0 Å². The molecule has 0 atom stereocenters. The first-order chi connectivity index (χ1) is 14.4. The lowest BCUT2D eigenvalue weighted by molar-refractivity contribution is 0.102. The molecule has 1 amide bonds. The molecule has 0 aliphatic carbocycles. The number of tetrazole rings is 1. The molecular weight excluding hydrogens is 378 g/mol. The van der Waals surface area contributed by atoms with Crippen LogP contribution in [0.4, 0.5) is 5.69 Å². The second-order valence-corrected chi connectivity index (χ2v) is 7.56. The molecule has 30 heavy (non-hydrogen) atoms. The SMILES string of the molecule is Cc1ccc(-n2ncc(C(=O)Nc3ccc(C)c(-n4cnnn4)c3)c2C(C)C)cc1. The van der Waals surface area contributed by atoms with E-state index in [0.29, 0.717) is 11.3 Å². The monoisotopic (exact) mass is 401 g/mol. The molecular formula is C22H23N7O. The first kappa shape index (κ1) is 19.5. The van der Waals surface area contributed by atoms with E-state index in [2.05, 4.69) is 39.8 Å². The van der Waals surface area contributed by atoms with Gasteiger partial charge in [-0.2, -0.15) is 5.10 Å². The fourth-order valence-electron chi connectivity index (χ4n) is 3.38. The van der Waals surface area contributed by atoms with Crippen molar-refractivity contribution in [1.82, 2.24) is 30.0 Å². The standard InChI is InChI=1S/C22H23N7O/c1-14(2)21-19(12-24-29(21)18-9-5-15(3)6-10-18)22(30)25-17-8-7-16(4)20(11-17)28-13-23-26-27-28/h5-14H,1-4H3,(H,25,30). The van der Waals surface area contributed by atoms with Gasteiger partial charge in [-0.1, -0.05) is 37.6 Å². The lowest BCUT2D eigenvalue weighted by atomic mass is 10.0. The number of anilines is 1. The Morgan fingerprint density at radius 1 is 1.07 bits per heavy atom. The lowest BCUT2D eigenvalue weighted by Gasteiger charge is -2.14. The van der Waals surface area contributed by atoms with E-state index in [-0.39, 0.29) is 11.8 Å². The number of amides is 1. The summed E-state index contributed by atoms with van der Waals surface area (Å²) in [7, 11) is 0. The van der Waals surface area contributed by atoms with E-state index < -0.39 is 0 Å². The van der Waals surface area contributed by atoms with Crippen molar-refractivity contribution in [3.63, 3.8) is 0 Å². The van der Waals surface area contributed by atoms with Crippen molar-refractivity contribution in [3.8, 4) is 11.4 Å². The van der Waals surface area contributed by atoms with E-state index in [0.717, 1.165) is 22.6 Å². The molecule has 0 bridgehead atoms. The maximum Gasteiger partial charge on any atom is 0.259 e. The third kappa shape index (κ3) is 3.71. The van der Waals surface area contributed by atoms with E-state index in [9.17, 15) is 4.79 Å². The van der Waals surface area contributed by atoms with Crippen LogP contribution in [0.3, 0.4) is 0 Å². The van der Waals surface area contributed by atoms with Gasteiger partial charge in [0.1, 0.15) is 6.33 Å². The number of nitrogens with zero attached hydrogens (tertiary/aromatic N) is 6. The molecule has 0 spiro atoms. The van der Waals surface area contributed by atoms with Crippen molar-refractivity contribution in [2.75, 3.05) is 5.32 Å². The third-order valence-electron chi connectivity index (χ3n) is 4.94. The van der Waals surface area contributed by atoms with E-state index in [1.165, 1.54) is 11.9 Å². The van der Waals surface area contributed by atoms with Gasteiger partial charge in [-0.05, 0) is 60.0 Å². The van der Waals surface area contributed by atoms with Crippen LogP contribution in [-0.2, 0) is 0 Å². The quantitative estimate of drug-likeness (QED) is 0.549. The summed E-state index contributed by atoms with van der Waals surface area (Å²) in [6.07, 6.45) is 3.15. The molecule has 0 radical (unpaired) electrons. The zero-order valence-corrected chi connectivity index (χ0v) is 17.4. The first-order valence-corrected chi connectivity index (χ1v) is 9.74. The molecule has 0 aliphatic rings. The molecule has 0 saturated carbocycles. The molecule has 2 heterocycles. The molecule has 152 valence electrons. The Morgan fingerprint density at radius 3 is 2.50 bits per heavy atom. The zero-order valence-electron chi connectivity index (χ0n) is 17.4. The van der Waals surface area contributed by atoms with Crippen LogP contribution in [-0.4, -0.2) is 35.9 Å². The van der Waals surface area contributed by atoms with Gasteiger partial charge >= 0.3 is 0 Å². The summed E-state index contributed by atoms with van der Waals surface area (Å²) in [5.41, 5.74) is 5.98. The summed E-state index contributed by atoms with van der Waals surface area (Å²) < 4.78 is 3.40. The average molecular weight is 401 g/mol. The normalized spacial score (nSPS) is 11.1. The predicted octanol–water partition coefficient (Wildman–Crippen LogP) is 3.84. The fraction of sp³-hybridized carbons (Fsp3) is 0.227. The van der Waals surface area contributed by atoms with Gasteiger partial charge in [0.25, 0.3) is 5.91 Å². The van der Waals surface area contributed by atoms with Crippen LogP contribution in [0.25, 0.3) is 11.4 Å². The number of rotatable bonds is 5. The third-order valence-corrected chi connectivity index (χ3v) is 4.94. The topological polar surface area (TPSA) is 90.5 Å². The van der Waals surface area contributed by atoms with Crippen LogP contribution < -0.4 is 5.32 Å². The van der Waals surface area contributed by atoms with Crippen LogP contribution in [0.5, 0.6) is 0 Å². The fourth-order valence-corrected chi connectivity index (χ4v) is 3.38. The number of benzene rings is 2. The molecule has 4 rings (SSSR count). The highest BCUT2D eigenvalue weighted by Gasteiger charge is 2.21. The maximum atomic E-state index is 13.1. The maximum absolute atomic E-state index is 13.1. The number of aromatic nitrogens is 6. The van der Waals surface area contributed by atoms with Gasteiger partial charge in [-0.3, -0.25) is 4.79 Å². The van der Waals surface area contributed by atoms with Gasteiger partial charge in [0.05, 0.1) is 28.8 Å². The number of hydrogen-bond donors (Lipinski definition) is 1. The van der Waals surface area contributed by atoms with Crippen LogP contribution in [0.2, 0.25) is 0 Å². The summed E-state index contributed by atoms with van der Waals surface area (Å²) in [6.45, 7) is 8.12. The van der Waals surface area contributed by atoms with Gasteiger partial charge in [0.15, 0.2) is 0 Å². The molecule has 0 unspecified atom stereocenters. The zero-order chi connectivity index (χ0) is 21.3. The van der Waals surface area contributed by atoms with Crippen molar-refractivity contribution in [2.24, 2.45) is 0 Å². The Balaban J connectivity index is 1.66. The molecule has 0 aliphatic heterocycles. The van der Waals surface area contributed by atoms with Gasteiger partial charge < -0.3 is 5.32 Å². The highest BCUT2D eigenvalue weighted by atomic mass is 16.1. The van der Waals surface area contributed by atoms with Crippen LogP contribution in [0, 0.1) is 13.8 Å². The molecule has 2 aromatic heterocycles. The lowest BCUT2D eigenvalue weighted by Crippen LogP contribution is -2.16. The van der Waals surface area contributed by atoms with E-state index >= 15 is 0 Å². The van der Waals surface area contributed by atoms with Crippen LogP contribution in [0.15, 0.2) is 55.0 Å². The molecule has 0 fully saturated rings. The molecule has 2 aromatic carbocycles. The molecule has 0 saturated heterocycles. The second kappa shape index (κ2) is 7.90. The Morgan fingerprint density at radius 2 is 1.83 bits per heavy atom. The number of carbonyl (C=O) groups excluding carboxylic acids is 1. The van der Waals surface area contributed by atoms with E-state index in [1.54, 1.807) is 10.9 Å². The number of hydrogen-bond acceptors (Lipinski definition) is 5. The Labute approximate surface area is 174 Å². The Bertz CT molecular complexity index is 1170. The van der Waals surface area contributed by atoms with Crippen molar-refractivity contribution >= 4 is 11.6 Å². The average Bonchev–Trinajstić information content (AvgIpc) is 3.40.